The largest absolute Gasteiger partial charge is 0.435 e. The highest BCUT2D eigenvalue weighted by molar-refractivity contribution is 7.91. The van der Waals surface area contributed by atoms with E-state index >= 15 is 0 Å². The van der Waals surface area contributed by atoms with E-state index in [0.717, 1.165) is 12.1 Å². The zero-order valence-electron chi connectivity index (χ0n) is 19.5. The SMILES string of the molecule is CCS(=O)(=O)c1ccc2c(c1)CCN(C(C)=O)[C@@H]2C(O)Nc1ccc(C(F)(C(F)(F)F)C(F)(F)F)cc1. The van der Waals surface area contributed by atoms with Crippen LogP contribution in [0.3, 0.4) is 0 Å². The Morgan fingerprint density at radius 2 is 1.62 bits per heavy atom. The molecule has 1 aliphatic rings. The van der Waals surface area contributed by atoms with Gasteiger partial charge < -0.3 is 15.3 Å². The topological polar surface area (TPSA) is 86.7 Å². The first-order valence-electron chi connectivity index (χ1n) is 10.9. The molecule has 37 heavy (non-hydrogen) atoms. The van der Waals surface area contributed by atoms with E-state index in [9.17, 15) is 49.1 Å². The fourth-order valence-electron chi connectivity index (χ4n) is 4.22. The fraction of sp³-hybridized carbons (Fsp3) is 0.435. The molecule has 0 aliphatic carbocycles. The van der Waals surface area contributed by atoms with Gasteiger partial charge in [-0.25, -0.2) is 12.8 Å². The van der Waals surface area contributed by atoms with Crippen molar-refractivity contribution in [1.29, 1.82) is 0 Å². The number of benzene rings is 2. The molecule has 204 valence electrons. The molecule has 2 atom stereocenters. The summed E-state index contributed by atoms with van der Waals surface area (Å²) in [6.07, 6.45) is -13.9. The summed E-state index contributed by atoms with van der Waals surface area (Å²) in [5.74, 6) is -0.577. The first kappa shape index (κ1) is 28.7. The first-order valence-corrected chi connectivity index (χ1v) is 12.6. The Bertz CT molecular complexity index is 1250. The van der Waals surface area contributed by atoms with Gasteiger partial charge in [-0.2, -0.15) is 26.3 Å². The van der Waals surface area contributed by atoms with Gasteiger partial charge in [-0.1, -0.05) is 25.1 Å². The van der Waals surface area contributed by atoms with Crippen LogP contribution in [0.1, 0.15) is 36.6 Å². The minimum Gasteiger partial charge on any atom is -0.371 e. The summed E-state index contributed by atoms with van der Waals surface area (Å²) in [6, 6.07) is 5.22. The first-order chi connectivity index (χ1) is 16.9. The molecule has 1 unspecified atom stereocenters. The molecule has 0 aromatic heterocycles. The molecule has 0 saturated heterocycles. The number of nitrogens with zero attached hydrogens (tertiary/aromatic N) is 1. The van der Waals surface area contributed by atoms with Gasteiger partial charge in [-0.05, 0) is 41.8 Å². The number of hydrogen-bond acceptors (Lipinski definition) is 5. The minimum atomic E-state index is -6.27. The van der Waals surface area contributed by atoms with Crippen molar-refractivity contribution in [1.82, 2.24) is 4.90 Å². The van der Waals surface area contributed by atoms with E-state index in [-0.39, 0.29) is 29.3 Å². The molecule has 6 nitrogen and oxygen atoms in total. The summed E-state index contributed by atoms with van der Waals surface area (Å²) in [5, 5.41) is 13.4. The average Bonchev–Trinajstić information content (AvgIpc) is 2.81. The summed E-state index contributed by atoms with van der Waals surface area (Å²) in [4.78, 5) is 13.6. The van der Waals surface area contributed by atoms with Crippen molar-refractivity contribution in [3.8, 4) is 0 Å². The number of nitrogens with one attached hydrogen (secondary N) is 1. The third-order valence-corrected chi connectivity index (χ3v) is 7.94. The zero-order chi connectivity index (χ0) is 28.0. The van der Waals surface area contributed by atoms with Gasteiger partial charge in [-0.3, -0.25) is 4.79 Å². The smallest absolute Gasteiger partial charge is 0.371 e. The van der Waals surface area contributed by atoms with Crippen molar-refractivity contribution in [2.75, 3.05) is 17.6 Å². The Hall–Kier alpha value is -2.87. The number of sulfone groups is 1. The number of fused-ring (bicyclic) bond motifs is 1. The lowest BCUT2D eigenvalue weighted by atomic mass is 9.91. The molecule has 0 bridgehead atoms. The molecule has 1 heterocycles. The van der Waals surface area contributed by atoms with E-state index in [4.69, 9.17) is 0 Å². The standard InChI is InChI=1S/C23H23F7N2O4S/c1-3-37(35,36)17-8-9-18-14(12-17)10-11-32(13(2)33)19(18)20(34)31-16-6-4-15(5-7-16)21(24,22(25,26)27)23(28,29)30/h4-9,12,19-20,31,34H,3,10-11H2,1-2H3/t19-,20?/m0/s1. The van der Waals surface area contributed by atoms with Gasteiger partial charge in [0.05, 0.1) is 10.6 Å². The van der Waals surface area contributed by atoms with E-state index in [2.05, 4.69) is 5.32 Å². The molecule has 1 amide bonds. The molecule has 14 heteroatoms. The number of carbonyl (C=O) groups is 1. The molecule has 2 aromatic carbocycles. The van der Waals surface area contributed by atoms with E-state index < -0.39 is 51.6 Å². The molecule has 0 spiro atoms. The maximum Gasteiger partial charge on any atom is 0.435 e. The van der Waals surface area contributed by atoms with Crippen molar-refractivity contribution in [3.05, 3.63) is 59.2 Å². The normalized spacial score (nSPS) is 17.8. The summed E-state index contributed by atoms with van der Waals surface area (Å²) in [5.41, 5.74) is -6.48. The van der Waals surface area contributed by atoms with Crippen LogP contribution >= 0.6 is 0 Å². The van der Waals surface area contributed by atoms with E-state index in [1.165, 1.54) is 36.9 Å². The Balaban J connectivity index is 1.94. The van der Waals surface area contributed by atoms with Gasteiger partial charge in [0.1, 0.15) is 12.3 Å². The van der Waals surface area contributed by atoms with E-state index in [0.29, 0.717) is 23.3 Å². The van der Waals surface area contributed by atoms with Crippen LogP contribution in [0.2, 0.25) is 0 Å². The van der Waals surface area contributed by atoms with Gasteiger partial charge in [0, 0.05) is 24.7 Å². The predicted octanol–water partition coefficient (Wildman–Crippen LogP) is 4.65. The number of rotatable bonds is 6. The predicted molar refractivity (Wildman–Crippen MR) is 119 cm³/mol. The van der Waals surface area contributed by atoms with Crippen LogP contribution in [0.4, 0.5) is 36.4 Å². The number of halogens is 7. The van der Waals surface area contributed by atoms with E-state index in [1.54, 1.807) is 0 Å². The molecule has 0 saturated carbocycles. The van der Waals surface area contributed by atoms with Crippen LogP contribution in [0.25, 0.3) is 0 Å². The molecular formula is C23H23F7N2O4S. The molecular weight excluding hydrogens is 533 g/mol. The van der Waals surface area contributed by atoms with Gasteiger partial charge in [-0.15, -0.1) is 0 Å². The highest BCUT2D eigenvalue weighted by atomic mass is 32.2. The van der Waals surface area contributed by atoms with Gasteiger partial charge in [0.25, 0.3) is 0 Å². The second kappa shape index (κ2) is 9.78. The molecule has 2 aromatic rings. The Morgan fingerprint density at radius 1 is 1.05 bits per heavy atom. The van der Waals surface area contributed by atoms with Gasteiger partial charge >= 0.3 is 18.0 Å². The van der Waals surface area contributed by atoms with Crippen LogP contribution in [0.15, 0.2) is 47.4 Å². The third-order valence-electron chi connectivity index (χ3n) is 6.21. The lowest BCUT2D eigenvalue weighted by Crippen LogP contribution is -2.50. The Morgan fingerprint density at radius 3 is 2.11 bits per heavy atom. The fourth-order valence-corrected chi connectivity index (χ4v) is 5.15. The van der Waals surface area contributed by atoms with Crippen molar-refractivity contribution < 1.29 is 49.1 Å². The average molecular weight is 556 g/mol. The number of aliphatic hydroxyl groups is 1. The number of aliphatic hydroxyl groups excluding tert-OH is 1. The molecule has 0 fully saturated rings. The number of anilines is 1. The lowest BCUT2D eigenvalue weighted by Gasteiger charge is -2.40. The van der Waals surface area contributed by atoms with Crippen molar-refractivity contribution in [3.63, 3.8) is 0 Å². The number of alkyl halides is 7. The second-order valence-electron chi connectivity index (χ2n) is 8.49. The monoisotopic (exact) mass is 556 g/mol. The highest BCUT2D eigenvalue weighted by Gasteiger charge is 2.73. The Kier molecular flexibility index (Phi) is 7.59. The van der Waals surface area contributed by atoms with Gasteiger partial charge in [0.2, 0.25) is 5.91 Å². The molecule has 0 radical (unpaired) electrons. The van der Waals surface area contributed by atoms with Crippen LogP contribution in [-0.2, 0) is 26.7 Å². The molecule has 2 N–H and O–H groups in total. The van der Waals surface area contributed by atoms with Crippen LogP contribution in [0, 0.1) is 0 Å². The lowest BCUT2D eigenvalue weighted by molar-refractivity contribution is -0.348. The quantitative estimate of drug-likeness (QED) is 0.400. The highest BCUT2D eigenvalue weighted by Crippen LogP contribution is 2.53. The van der Waals surface area contributed by atoms with Crippen molar-refractivity contribution in [2.24, 2.45) is 0 Å². The maximum absolute atomic E-state index is 14.3. The second-order valence-corrected chi connectivity index (χ2v) is 10.8. The van der Waals surface area contributed by atoms with E-state index in [1.807, 2.05) is 0 Å². The van der Waals surface area contributed by atoms with Crippen LogP contribution < -0.4 is 5.32 Å². The molecule has 1 aliphatic heterocycles. The summed E-state index contributed by atoms with van der Waals surface area (Å²) in [6.45, 7) is 2.83. The summed E-state index contributed by atoms with van der Waals surface area (Å²) < 4.78 is 117. The summed E-state index contributed by atoms with van der Waals surface area (Å²) >= 11 is 0. The van der Waals surface area contributed by atoms with Gasteiger partial charge in [0.15, 0.2) is 9.84 Å². The van der Waals surface area contributed by atoms with Crippen LogP contribution in [-0.4, -0.2) is 55.2 Å². The zero-order valence-corrected chi connectivity index (χ0v) is 20.3. The maximum atomic E-state index is 14.3. The number of carbonyl (C=O) groups excluding carboxylic acids is 1. The minimum absolute atomic E-state index is 0.0610. The van der Waals surface area contributed by atoms with Crippen molar-refractivity contribution in [2.45, 2.75) is 55.5 Å². The number of amides is 1. The summed E-state index contributed by atoms with van der Waals surface area (Å²) in [7, 11) is -3.53. The Labute approximate surface area is 208 Å². The molecule has 3 rings (SSSR count). The third kappa shape index (κ3) is 5.26. The number of hydrogen-bond donors (Lipinski definition) is 2. The van der Waals surface area contributed by atoms with Crippen molar-refractivity contribution >= 4 is 21.4 Å². The van der Waals surface area contributed by atoms with Crippen LogP contribution in [0.5, 0.6) is 0 Å².